The van der Waals surface area contributed by atoms with Gasteiger partial charge in [-0.25, -0.2) is 4.98 Å². The van der Waals surface area contributed by atoms with Crippen molar-refractivity contribution < 1.29 is 0 Å². The molecule has 2 aromatic heterocycles. The number of aromatic nitrogens is 3. The van der Waals surface area contributed by atoms with E-state index in [-0.39, 0.29) is 5.56 Å². The molecule has 0 unspecified atom stereocenters. The molecule has 0 radical (unpaired) electrons. The molecule has 0 saturated heterocycles. The Hall–Kier alpha value is -1.49. The molecule has 2 heterocycles. The van der Waals surface area contributed by atoms with Crippen LogP contribution < -0.4 is 5.56 Å². The quantitative estimate of drug-likeness (QED) is 0.925. The molecule has 88 valence electrons. The number of rotatable bonds is 2. The number of nitrogens with one attached hydrogen (secondary N) is 1. The first kappa shape index (κ1) is 12.0. The fraction of sp³-hybridized carbons (Fsp3) is 0.250. The standard InChI is InChI=1S/C12H12BrN3O/c1-3-10-7(2)12(17)16-11(15-10)8-4-9(13)6-14-5-8/h4-6H,3H2,1-2H3,(H,15,16,17). The highest BCUT2D eigenvalue weighted by Gasteiger charge is 2.08. The number of hydrogen-bond donors (Lipinski definition) is 1. The maximum atomic E-state index is 11.8. The number of halogens is 1. The van der Waals surface area contributed by atoms with E-state index in [1.54, 1.807) is 19.3 Å². The predicted octanol–water partition coefficient (Wildman–Crippen LogP) is 2.47. The number of nitrogens with zero attached hydrogens (tertiary/aromatic N) is 2. The highest BCUT2D eigenvalue weighted by Crippen LogP contribution is 2.18. The zero-order valence-electron chi connectivity index (χ0n) is 9.62. The number of aryl methyl sites for hydroxylation is 1. The second kappa shape index (κ2) is 4.79. The van der Waals surface area contributed by atoms with Crippen LogP contribution in [0.3, 0.4) is 0 Å². The van der Waals surface area contributed by atoms with Crippen molar-refractivity contribution in [3.8, 4) is 11.4 Å². The van der Waals surface area contributed by atoms with Crippen LogP contribution in [0.15, 0.2) is 27.7 Å². The van der Waals surface area contributed by atoms with Crippen LogP contribution in [0.1, 0.15) is 18.2 Å². The predicted molar refractivity (Wildman–Crippen MR) is 69.9 cm³/mol. The summed E-state index contributed by atoms with van der Waals surface area (Å²) < 4.78 is 0.858. The lowest BCUT2D eigenvalue weighted by Crippen LogP contribution is -2.15. The minimum Gasteiger partial charge on any atom is -0.306 e. The molecule has 17 heavy (non-hydrogen) atoms. The average molecular weight is 294 g/mol. The third kappa shape index (κ3) is 2.44. The Morgan fingerprint density at radius 1 is 1.41 bits per heavy atom. The molecule has 0 saturated carbocycles. The molecule has 1 N–H and O–H groups in total. The molecule has 2 rings (SSSR count). The maximum Gasteiger partial charge on any atom is 0.254 e. The molecule has 0 fully saturated rings. The fourth-order valence-electron chi connectivity index (χ4n) is 1.60. The summed E-state index contributed by atoms with van der Waals surface area (Å²) in [6.07, 6.45) is 4.11. The molecule has 2 aromatic rings. The second-order valence-corrected chi connectivity index (χ2v) is 4.65. The van der Waals surface area contributed by atoms with Gasteiger partial charge in [0, 0.05) is 28.0 Å². The van der Waals surface area contributed by atoms with Crippen molar-refractivity contribution in [3.05, 3.63) is 44.5 Å². The highest BCUT2D eigenvalue weighted by atomic mass is 79.9. The lowest BCUT2D eigenvalue weighted by molar-refractivity contribution is 0.953. The summed E-state index contributed by atoms with van der Waals surface area (Å²) >= 11 is 3.35. The topological polar surface area (TPSA) is 58.6 Å². The Morgan fingerprint density at radius 3 is 2.82 bits per heavy atom. The SMILES string of the molecule is CCc1nc(-c2cncc(Br)c2)[nH]c(=O)c1C. The molecule has 0 bridgehead atoms. The van der Waals surface area contributed by atoms with Gasteiger partial charge in [0.25, 0.3) is 5.56 Å². The summed E-state index contributed by atoms with van der Waals surface area (Å²) in [7, 11) is 0. The van der Waals surface area contributed by atoms with Crippen molar-refractivity contribution in [1.82, 2.24) is 15.0 Å². The van der Waals surface area contributed by atoms with Crippen molar-refractivity contribution >= 4 is 15.9 Å². The molecule has 0 atom stereocenters. The Morgan fingerprint density at radius 2 is 2.18 bits per heavy atom. The molecular formula is C12H12BrN3O. The molecule has 0 amide bonds. The maximum absolute atomic E-state index is 11.8. The lowest BCUT2D eigenvalue weighted by Gasteiger charge is -2.05. The summed E-state index contributed by atoms with van der Waals surface area (Å²) in [4.78, 5) is 23.0. The number of pyridine rings is 1. The normalized spacial score (nSPS) is 10.5. The third-order valence-corrected chi connectivity index (χ3v) is 3.00. The van der Waals surface area contributed by atoms with E-state index in [0.29, 0.717) is 11.4 Å². The van der Waals surface area contributed by atoms with Gasteiger partial charge in [-0.05, 0) is 35.3 Å². The van der Waals surface area contributed by atoms with E-state index >= 15 is 0 Å². The Labute approximate surface area is 107 Å². The van der Waals surface area contributed by atoms with Gasteiger partial charge in [0.05, 0.1) is 5.69 Å². The van der Waals surface area contributed by atoms with E-state index in [4.69, 9.17) is 0 Å². The molecule has 0 spiro atoms. The van der Waals surface area contributed by atoms with Crippen molar-refractivity contribution in [2.24, 2.45) is 0 Å². The summed E-state index contributed by atoms with van der Waals surface area (Å²) in [6, 6.07) is 1.88. The minimum atomic E-state index is -0.0909. The van der Waals surface area contributed by atoms with Crippen LogP contribution in [0.4, 0.5) is 0 Å². The van der Waals surface area contributed by atoms with E-state index in [9.17, 15) is 4.79 Å². The Kier molecular flexibility index (Phi) is 3.38. The van der Waals surface area contributed by atoms with Crippen LogP contribution in [0.25, 0.3) is 11.4 Å². The van der Waals surface area contributed by atoms with Crippen molar-refractivity contribution in [3.63, 3.8) is 0 Å². The van der Waals surface area contributed by atoms with E-state index < -0.39 is 0 Å². The van der Waals surface area contributed by atoms with Crippen LogP contribution in [0.5, 0.6) is 0 Å². The van der Waals surface area contributed by atoms with Gasteiger partial charge in [0.2, 0.25) is 0 Å². The van der Waals surface area contributed by atoms with Gasteiger partial charge in [-0.15, -0.1) is 0 Å². The van der Waals surface area contributed by atoms with Crippen LogP contribution in [0.2, 0.25) is 0 Å². The highest BCUT2D eigenvalue weighted by molar-refractivity contribution is 9.10. The third-order valence-electron chi connectivity index (χ3n) is 2.57. The molecule has 0 aliphatic heterocycles. The molecule has 4 nitrogen and oxygen atoms in total. The average Bonchev–Trinajstić information content (AvgIpc) is 2.32. The number of hydrogen-bond acceptors (Lipinski definition) is 3. The molecule has 5 heteroatoms. The molecule has 0 aliphatic rings. The largest absolute Gasteiger partial charge is 0.306 e. The molecular weight excluding hydrogens is 282 g/mol. The lowest BCUT2D eigenvalue weighted by atomic mass is 10.2. The summed E-state index contributed by atoms with van der Waals surface area (Å²) in [5, 5.41) is 0. The molecule has 0 aromatic carbocycles. The first-order chi connectivity index (χ1) is 8.11. The van der Waals surface area contributed by atoms with Gasteiger partial charge in [0.15, 0.2) is 0 Å². The van der Waals surface area contributed by atoms with Crippen molar-refractivity contribution in [2.75, 3.05) is 0 Å². The number of H-pyrrole nitrogens is 1. The second-order valence-electron chi connectivity index (χ2n) is 3.73. The van der Waals surface area contributed by atoms with E-state index in [0.717, 1.165) is 22.2 Å². The van der Waals surface area contributed by atoms with Crippen molar-refractivity contribution in [2.45, 2.75) is 20.3 Å². The summed E-state index contributed by atoms with van der Waals surface area (Å²) in [5.41, 5.74) is 2.21. The van der Waals surface area contributed by atoms with Gasteiger partial charge in [0.1, 0.15) is 5.82 Å². The fourth-order valence-corrected chi connectivity index (χ4v) is 1.97. The first-order valence-electron chi connectivity index (χ1n) is 5.32. The Balaban J connectivity index is 2.61. The van der Waals surface area contributed by atoms with Gasteiger partial charge in [-0.3, -0.25) is 9.78 Å². The first-order valence-corrected chi connectivity index (χ1v) is 6.12. The zero-order valence-corrected chi connectivity index (χ0v) is 11.2. The van der Waals surface area contributed by atoms with E-state index in [2.05, 4.69) is 30.9 Å². The van der Waals surface area contributed by atoms with Crippen molar-refractivity contribution in [1.29, 1.82) is 0 Å². The monoisotopic (exact) mass is 293 g/mol. The zero-order chi connectivity index (χ0) is 12.4. The number of aromatic amines is 1. The van der Waals surface area contributed by atoms with Crippen LogP contribution >= 0.6 is 15.9 Å². The van der Waals surface area contributed by atoms with E-state index in [1.165, 1.54) is 0 Å². The van der Waals surface area contributed by atoms with Gasteiger partial charge in [-0.1, -0.05) is 6.92 Å². The molecule has 0 aliphatic carbocycles. The van der Waals surface area contributed by atoms with Gasteiger partial charge >= 0.3 is 0 Å². The van der Waals surface area contributed by atoms with Crippen LogP contribution in [0, 0.1) is 6.92 Å². The summed E-state index contributed by atoms with van der Waals surface area (Å²) in [5.74, 6) is 0.561. The van der Waals surface area contributed by atoms with Crippen LogP contribution in [-0.2, 0) is 6.42 Å². The van der Waals surface area contributed by atoms with Gasteiger partial charge in [-0.2, -0.15) is 0 Å². The minimum absolute atomic E-state index is 0.0909. The summed E-state index contributed by atoms with van der Waals surface area (Å²) in [6.45, 7) is 3.77. The van der Waals surface area contributed by atoms with Crippen LogP contribution in [-0.4, -0.2) is 15.0 Å². The van der Waals surface area contributed by atoms with Gasteiger partial charge < -0.3 is 4.98 Å². The Bertz CT molecular complexity index is 607. The smallest absolute Gasteiger partial charge is 0.254 e. The van der Waals surface area contributed by atoms with E-state index in [1.807, 2.05) is 13.0 Å².